The Morgan fingerprint density at radius 3 is 2.63 bits per heavy atom. The molecule has 1 unspecified atom stereocenters. The first-order chi connectivity index (χ1) is 9.24. The van der Waals surface area contributed by atoms with Crippen molar-refractivity contribution >= 4 is 11.3 Å². The summed E-state index contributed by atoms with van der Waals surface area (Å²) in [4.78, 5) is 3.97. The summed E-state index contributed by atoms with van der Waals surface area (Å²) in [6.45, 7) is 2.07. The van der Waals surface area contributed by atoms with Crippen LogP contribution in [0, 0.1) is 6.92 Å². The van der Waals surface area contributed by atoms with Crippen molar-refractivity contribution in [3.8, 4) is 5.69 Å². The lowest BCUT2D eigenvalue weighted by Gasteiger charge is -2.04. The number of rotatable bonds is 3. The van der Waals surface area contributed by atoms with Gasteiger partial charge in [0.15, 0.2) is 0 Å². The van der Waals surface area contributed by atoms with Crippen LogP contribution in [0.25, 0.3) is 5.69 Å². The lowest BCUT2D eigenvalue weighted by molar-refractivity contribution is 0.723. The maximum Gasteiger partial charge on any atom is 0.105 e. The summed E-state index contributed by atoms with van der Waals surface area (Å²) in [5.41, 5.74) is 7.93. The molecule has 0 amide bonds. The molecule has 3 aromatic rings. The average Bonchev–Trinajstić information content (AvgIpc) is 3.08. The van der Waals surface area contributed by atoms with Crippen LogP contribution in [-0.2, 0) is 0 Å². The van der Waals surface area contributed by atoms with E-state index in [0.717, 1.165) is 16.3 Å². The summed E-state index contributed by atoms with van der Waals surface area (Å²) in [5.74, 6) is 0. The first-order valence-corrected chi connectivity index (χ1v) is 6.85. The molecule has 0 radical (unpaired) electrons. The fourth-order valence-corrected chi connectivity index (χ4v) is 2.76. The van der Waals surface area contributed by atoms with E-state index in [-0.39, 0.29) is 6.04 Å². The lowest BCUT2D eigenvalue weighted by Crippen LogP contribution is -2.11. The van der Waals surface area contributed by atoms with Crippen molar-refractivity contribution in [2.75, 3.05) is 0 Å². The van der Waals surface area contributed by atoms with E-state index >= 15 is 0 Å². The topological polar surface area (TPSA) is 56.7 Å². The van der Waals surface area contributed by atoms with Gasteiger partial charge >= 0.3 is 0 Å². The number of nitrogens with zero attached hydrogens (tertiary/aromatic N) is 3. The summed E-state index contributed by atoms with van der Waals surface area (Å²) in [5, 5.41) is 8.72. The normalized spacial score (nSPS) is 12.5. The standard InChI is InChI=1S/C14H14N4S/c1-10-7-8-13(19-10)14(15)12-9-16-18(17-12)11-5-3-2-4-6-11/h2-9,14H,15H2,1H3. The van der Waals surface area contributed by atoms with Gasteiger partial charge in [0.25, 0.3) is 0 Å². The van der Waals surface area contributed by atoms with Crippen LogP contribution in [0.2, 0.25) is 0 Å². The molecule has 0 aliphatic carbocycles. The average molecular weight is 270 g/mol. The quantitative estimate of drug-likeness (QED) is 0.796. The van der Waals surface area contributed by atoms with Crippen molar-refractivity contribution in [3.05, 3.63) is 64.1 Å². The second kappa shape index (κ2) is 4.95. The highest BCUT2D eigenvalue weighted by atomic mass is 32.1. The van der Waals surface area contributed by atoms with Gasteiger partial charge in [0.1, 0.15) is 5.69 Å². The Labute approximate surface area is 115 Å². The van der Waals surface area contributed by atoms with E-state index in [1.165, 1.54) is 4.88 Å². The Kier molecular flexibility index (Phi) is 3.15. The van der Waals surface area contributed by atoms with Crippen LogP contribution < -0.4 is 5.73 Å². The number of nitrogens with two attached hydrogens (primary N) is 1. The van der Waals surface area contributed by atoms with E-state index in [0.29, 0.717) is 0 Å². The molecule has 1 aromatic carbocycles. The van der Waals surface area contributed by atoms with Crippen LogP contribution in [-0.4, -0.2) is 15.0 Å². The van der Waals surface area contributed by atoms with Gasteiger partial charge in [-0.05, 0) is 31.2 Å². The summed E-state index contributed by atoms with van der Waals surface area (Å²) < 4.78 is 0. The molecule has 0 saturated carbocycles. The molecule has 0 spiro atoms. The zero-order chi connectivity index (χ0) is 13.2. The van der Waals surface area contributed by atoms with Crippen molar-refractivity contribution in [1.82, 2.24) is 15.0 Å². The number of benzene rings is 1. The zero-order valence-electron chi connectivity index (χ0n) is 10.5. The van der Waals surface area contributed by atoms with Crippen LogP contribution in [0.15, 0.2) is 48.7 Å². The van der Waals surface area contributed by atoms with Gasteiger partial charge in [-0.3, -0.25) is 0 Å². The summed E-state index contributed by atoms with van der Waals surface area (Å²) in [6.07, 6.45) is 1.73. The molecule has 3 rings (SSSR count). The second-order valence-electron chi connectivity index (χ2n) is 4.32. The van der Waals surface area contributed by atoms with Crippen molar-refractivity contribution in [3.63, 3.8) is 0 Å². The molecule has 4 nitrogen and oxygen atoms in total. The van der Waals surface area contributed by atoms with E-state index in [1.54, 1.807) is 22.3 Å². The van der Waals surface area contributed by atoms with Gasteiger partial charge in [-0.1, -0.05) is 18.2 Å². The second-order valence-corrected chi connectivity index (χ2v) is 5.64. The molecule has 2 N–H and O–H groups in total. The third-order valence-corrected chi connectivity index (χ3v) is 3.97. The summed E-state index contributed by atoms with van der Waals surface area (Å²) in [7, 11) is 0. The van der Waals surface area contributed by atoms with E-state index in [2.05, 4.69) is 23.2 Å². The first-order valence-electron chi connectivity index (χ1n) is 6.03. The minimum Gasteiger partial charge on any atom is -0.318 e. The molecule has 0 bridgehead atoms. The fraction of sp³-hybridized carbons (Fsp3) is 0.143. The molecule has 5 heteroatoms. The van der Waals surface area contributed by atoms with Crippen molar-refractivity contribution < 1.29 is 0 Å². The van der Waals surface area contributed by atoms with Gasteiger partial charge in [-0.15, -0.1) is 11.3 Å². The number of thiophene rings is 1. The SMILES string of the molecule is Cc1ccc(C(N)c2cnn(-c3ccccc3)n2)s1. The Balaban J connectivity index is 1.89. The molecule has 1 atom stereocenters. The van der Waals surface area contributed by atoms with E-state index in [9.17, 15) is 0 Å². The van der Waals surface area contributed by atoms with Crippen molar-refractivity contribution in [1.29, 1.82) is 0 Å². The maximum atomic E-state index is 6.22. The highest BCUT2D eigenvalue weighted by Gasteiger charge is 2.15. The molecule has 2 heterocycles. The Morgan fingerprint density at radius 2 is 1.95 bits per heavy atom. The van der Waals surface area contributed by atoms with E-state index in [4.69, 9.17) is 5.73 Å². The monoisotopic (exact) mass is 270 g/mol. The largest absolute Gasteiger partial charge is 0.318 e. The number of hydrogen-bond donors (Lipinski definition) is 1. The Bertz CT molecular complexity index is 672. The van der Waals surface area contributed by atoms with Gasteiger partial charge in [0.2, 0.25) is 0 Å². The highest BCUT2D eigenvalue weighted by Crippen LogP contribution is 2.25. The minimum absolute atomic E-state index is 0.212. The van der Waals surface area contributed by atoms with Gasteiger partial charge in [-0.2, -0.15) is 15.0 Å². The zero-order valence-corrected chi connectivity index (χ0v) is 11.3. The number of para-hydroxylation sites is 1. The summed E-state index contributed by atoms with van der Waals surface area (Å²) >= 11 is 1.69. The first kappa shape index (κ1) is 12.1. The molecule has 0 aliphatic heterocycles. The van der Waals surface area contributed by atoms with Crippen LogP contribution in [0.1, 0.15) is 21.5 Å². The van der Waals surface area contributed by atoms with Crippen LogP contribution in [0.5, 0.6) is 0 Å². The van der Waals surface area contributed by atoms with Gasteiger partial charge in [0, 0.05) is 9.75 Å². The van der Waals surface area contributed by atoms with Gasteiger partial charge in [0.05, 0.1) is 17.9 Å². The molecular formula is C14H14N4S. The van der Waals surface area contributed by atoms with Gasteiger partial charge < -0.3 is 5.73 Å². The van der Waals surface area contributed by atoms with Crippen molar-refractivity contribution in [2.45, 2.75) is 13.0 Å². The predicted molar refractivity (Wildman–Crippen MR) is 76.4 cm³/mol. The lowest BCUT2D eigenvalue weighted by atomic mass is 10.2. The molecular weight excluding hydrogens is 256 g/mol. The number of aryl methyl sites for hydroxylation is 1. The minimum atomic E-state index is -0.212. The Morgan fingerprint density at radius 1 is 1.16 bits per heavy atom. The van der Waals surface area contributed by atoms with Gasteiger partial charge in [-0.25, -0.2) is 0 Å². The number of aromatic nitrogens is 3. The van der Waals surface area contributed by atoms with Crippen LogP contribution in [0.3, 0.4) is 0 Å². The third-order valence-electron chi connectivity index (χ3n) is 2.88. The highest BCUT2D eigenvalue weighted by molar-refractivity contribution is 7.12. The van der Waals surface area contributed by atoms with Crippen LogP contribution in [0.4, 0.5) is 0 Å². The number of hydrogen-bond acceptors (Lipinski definition) is 4. The van der Waals surface area contributed by atoms with E-state index < -0.39 is 0 Å². The molecule has 2 aromatic heterocycles. The fourth-order valence-electron chi connectivity index (χ4n) is 1.87. The molecule has 96 valence electrons. The summed E-state index contributed by atoms with van der Waals surface area (Å²) in [6, 6.07) is 13.7. The molecule has 0 saturated heterocycles. The maximum absolute atomic E-state index is 6.22. The smallest absolute Gasteiger partial charge is 0.105 e. The molecule has 0 aliphatic rings. The van der Waals surface area contributed by atoms with Crippen molar-refractivity contribution in [2.24, 2.45) is 5.73 Å². The molecule has 0 fully saturated rings. The van der Waals surface area contributed by atoms with E-state index in [1.807, 2.05) is 36.4 Å². The predicted octanol–water partition coefficient (Wildman–Crippen LogP) is 2.69. The molecule has 19 heavy (non-hydrogen) atoms. The third kappa shape index (κ3) is 2.43. The van der Waals surface area contributed by atoms with Crippen LogP contribution >= 0.6 is 11.3 Å². The Hall–Kier alpha value is -1.98.